The third-order valence-corrected chi connectivity index (χ3v) is 8.37. The van der Waals surface area contributed by atoms with Crippen molar-refractivity contribution in [2.75, 3.05) is 0 Å². The van der Waals surface area contributed by atoms with E-state index in [1.54, 1.807) is 0 Å². The van der Waals surface area contributed by atoms with Crippen molar-refractivity contribution in [3.63, 3.8) is 0 Å². The monoisotopic (exact) mass is 411 g/mol. The summed E-state index contributed by atoms with van der Waals surface area (Å²) in [5, 5.41) is -4.41. The summed E-state index contributed by atoms with van der Waals surface area (Å²) >= 11 is 0. The number of alkyl halides is 5. The van der Waals surface area contributed by atoms with E-state index in [0.29, 0.717) is 6.08 Å². The molecule has 0 aliphatic carbocycles. The van der Waals surface area contributed by atoms with Crippen LogP contribution in [0.15, 0.2) is 34.9 Å². The van der Waals surface area contributed by atoms with Crippen LogP contribution in [0.2, 0.25) is 0 Å². The van der Waals surface area contributed by atoms with Crippen LogP contribution in [0.5, 0.6) is 0 Å². The van der Waals surface area contributed by atoms with Crippen molar-refractivity contribution in [3.8, 4) is 0 Å². The number of allylic oxidation sites excluding steroid dienone is 4. The van der Waals surface area contributed by atoms with E-state index in [2.05, 4.69) is 6.58 Å². The van der Waals surface area contributed by atoms with E-state index in [0.717, 1.165) is 13.8 Å². The summed E-state index contributed by atoms with van der Waals surface area (Å²) in [6, 6.07) is 0. The van der Waals surface area contributed by atoms with Crippen LogP contribution in [0, 0.1) is 0 Å². The topological polar surface area (TPSA) is 94.3 Å². The number of rotatable bonds is 7. The highest BCUT2D eigenvalue weighted by Crippen LogP contribution is 2.34. The van der Waals surface area contributed by atoms with Gasteiger partial charge < -0.3 is 5.73 Å². The van der Waals surface area contributed by atoms with E-state index < -0.39 is 52.6 Å². The lowest BCUT2D eigenvalue weighted by Crippen LogP contribution is -2.40. The minimum atomic E-state index is -5.54. The molecule has 0 rings (SSSR count). The van der Waals surface area contributed by atoms with E-state index in [-0.39, 0.29) is 18.7 Å². The number of sulfone groups is 2. The van der Waals surface area contributed by atoms with Crippen molar-refractivity contribution in [3.05, 3.63) is 34.9 Å². The Morgan fingerprint density at radius 3 is 1.84 bits per heavy atom. The first-order valence-electron chi connectivity index (χ1n) is 6.65. The molecule has 12 heteroatoms. The normalized spacial score (nSPS) is 16.6. The lowest BCUT2D eigenvalue weighted by Gasteiger charge is -2.21. The molecule has 0 aliphatic heterocycles. The van der Waals surface area contributed by atoms with Gasteiger partial charge in [-0.25, -0.2) is 16.8 Å². The second kappa shape index (κ2) is 7.44. The molecule has 0 aromatic carbocycles. The number of hydrogen-bond donors (Lipinski definition) is 1. The number of hydrogen-bond acceptors (Lipinski definition) is 5. The molecule has 0 saturated heterocycles. The first-order chi connectivity index (χ1) is 10.9. The Balaban J connectivity index is 6.59. The van der Waals surface area contributed by atoms with Gasteiger partial charge in [-0.2, -0.15) is 22.0 Å². The molecular formula is C13H18F5NO4S2. The van der Waals surface area contributed by atoms with E-state index in [4.69, 9.17) is 5.73 Å². The molecule has 0 amide bonds. The largest absolute Gasteiger partial charge is 0.415 e. The summed E-state index contributed by atoms with van der Waals surface area (Å²) < 4.78 is 110. The minimum absolute atomic E-state index is 0.0113. The van der Waals surface area contributed by atoms with Gasteiger partial charge in [-0.1, -0.05) is 13.5 Å². The third kappa shape index (κ3) is 5.53. The Bertz CT molecular complexity index is 783. The van der Waals surface area contributed by atoms with Crippen molar-refractivity contribution < 1.29 is 38.8 Å². The van der Waals surface area contributed by atoms with Gasteiger partial charge in [0.2, 0.25) is 9.84 Å². The highest BCUT2D eigenvalue weighted by atomic mass is 32.3. The first kappa shape index (κ1) is 23.6. The molecule has 2 N–H and O–H groups in total. The predicted molar refractivity (Wildman–Crippen MR) is 83.8 cm³/mol. The molecule has 0 fully saturated rings. The fourth-order valence-electron chi connectivity index (χ4n) is 1.67. The Kier molecular flexibility index (Phi) is 7.01. The zero-order valence-electron chi connectivity index (χ0n) is 13.6. The maximum absolute atomic E-state index is 13.3. The molecule has 146 valence electrons. The quantitative estimate of drug-likeness (QED) is 0.513. The van der Waals surface area contributed by atoms with Crippen LogP contribution >= 0.6 is 0 Å². The van der Waals surface area contributed by atoms with Gasteiger partial charge in [-0.05, 0) is 25.5 Å². The van der Waals surface area contributed by atoms with E-state index in [1.165, 1.54) is 0 Å². The minimum Gasteiger partial charge on any atom is -0.402 e. The molecular weight excluding hydrogens is 393 g/mol. The molecule has 1 unspecified atom stereocenters. The molecule has 0 radical (unpaired) electrons. The van der Waals surface area contributed by atoms with Crippen molar-refractivity contribution in [1.82, 2.24) is 0 Å². The van der Waals surface area contributed by atoms with E-state index >= 15 is 0 Å². The fraction of sp³-hybridized carbons (Fsp3) is 0.538. The summed E-state index contributed by atoms with van der Waals surface area (Å²) in [6.45, 7) is 4.77. The van der Waals surface area contributed by atoms with Crippen molar-refractivity contribution >= 4 is 19.7 Å². The second-order valence-electron chi connectivity index (χ2n) is 5.19. The van der Waals surface area contributed by atoms with Crippen LogP contribution < -0.4 is 5.73 Å². The average molecular weight is 411 g/mol. The lowest BCUT2D eigenvalue weighted by molar-refractivity contribution is -0.0878. The van der Waals surface area contributed by atoms with Gasteiger partial charge in [0.05, 0.1) is 4.91 Å². The molecule has 0 spiro atoms. The molecule has 0 aromatic heterocycles. The van der Waals surface area contributed by atoms with Crippen LogP contribution in [-0.4, -0.2) is 32.8 Å². The summed E-state index contributed by atoms with van der Waals surface area (Å²) in [4.78, 5) is -1.17. The van der Waals surface area contributed by atoms with E-state index in [1.807, 2.05) is 0 Å². The SMILES string of the molecule is C=C(/C=C(\C=C(\C)N)S(=O)(=O)C(CC)S(=O)(=O)C(C)(F)F)C(F)(F)F. The Labute approximate surface area is 142 Å². The molecule has 0 saturated carbocycles. The molecule has 1 atom stereocenters. The van der Waals surface area contributed by atoms with Gasteiger partial charge in [0, 0.05) is 18.2 Å². The van der Waals surface area contributed by atoms with Gasteiger partial charge in [0.15, 0.2) is 14.4 Å². The van der Waals surface area contributed by atoms with Crippen LogP contribution in [0.1, 0.15) is 27.2 Å². The highest BCUT2D eigenvalue weighted by molar-refractivity contribution is 8.11. The van der Waals surface area contributed by atoms with Gasteiger partial charge in [0.1, 0.15) is 0 Å². The molecule has 0 aromatic rings. The fourth-order valence-corrected chi connectivity index (χ4v) is 6.15. The molecule has 0 heterocycles. The number of nitrogens with two attached hydrogens (primary N) is 1. The smallest absolute Gasteiger partial charge is 0.402 e. The Morgan fingerprint density at radius 2 is 1.56 bits per heavy atom. The van der Waals surface area contributed by atoms with Crippen LogP contribution in [0.4, 0.5) is 22.0 Å². The maximum atomic E-state index is 13.3. The van der Waals surface area contributed by atoms with Gasteiger partial charge >= 0.3 is 11.4 Å². The van der Waals surface area contributed by atoms with Crippen molar-refractivity contribution in [2.45, 2.75) is 43.2 Å². The van der Waals surface area contributed by atoms with Gasteiger partial charge in [-0.3, -0.25) is 0 Å². The van der Waals surface area contributed by atoms with Crippen LogP contribution in [-0.2, 0) is 19.7 Å². The van der Waals surface area contributed by atoms with Crippen molar-refractivity contribution in [1.29, 1.82) is 0 Å². The van der Waals surface area contributed by atoms with Gasteiger partial charge in [0.25, 0.3) is 0 Å². The summed E-state index contributed by atoms with van der Waals surface area (Å²) in [5.41, 5.74) is 3.37. The predicted octanol–water partition coefficient (Wildman–Crippen LogP) is 3.03. The summed E-state index contributed by atoms with van der Waals surface area (Å²) in [6.07, 6.45) is -5.20. The van der Waals surface area contributed by atoms with Crippen molar-refractivity contribution in [2.24, 2.45) is 5.73 Å². The zero-order valence-corrected chi connectivity index (χ0v) is 15.2. The highest BCUT2D eigenvalue weighted by Gasteiger charge is 2.51. The number of halogens is 5. The standard InChI is InChI=1S/C13H18F5NO4S2/c1-5-11(25(22,23)12(4,14)15)24(20,21)10(7-9(3)19)6-8(2)13(16,17)18/h6-7,11H,2,5,19H2,1,3-4H3/b9-7-,10-6+. The Morgan fingerprint density at radius 1 is 1.12 bits per heavy atom. The van der Waals surface area contributed by atoms with E-state index in [9.17, 15) is 38.8 Å². The first-order valence-corrected chi connectivity index (χ1v) is 9.75. The third-order valence-electron chi connectivity index (χ3n) is 2.90. The average Bonchev–Trinajstić information content (AvgIpc) is 2.34. The zero-order chi connectivity index (χ0) is 20.4. The summed E-state index contributed by atoms with van der Waals surface area (Å²) in [7, 11) is -10.7. The molecule has 0 bridgehead atoms. The molecule has 5 nitrogen and oxygen atoms in total. The van der Waals surface area contributed by atoms with Gasteiger partial charge in [-0.15, -0.1) is 0 Å². The molecule has 0 aliphatic rings. The maximum Gasteiger partial charge on any atom is 0.415 e. The second-order valence-corrected chi connectivity index (χ2v) is 10.00. The van der Waals surface area contributed by atoms with Crippen LogP contribution in [0.25, 0.3) is 0 Å². The summed E-state index contributed by atoms with van der Waals surface area (Å²) in [5.74, 6) is 0. The lowest BCUT2D eigenvalue weighted by atomic mass is 10.2. The Hall–Kier alpha value is -1.43. The van der Waals surface area contributed by atoms with Crippen LogP contribution in [0.3, 0.4) is 0 Å². The molecule has 25 heavy (non-hydrogen) atoms.